The minimum atomic E-state index is -0.798. The molecule has 1 aromatic carbocycles. The van der Waals surface area contributed by atoms with E-state index in [0.717, 1.165) is 10.0 Å². The number of aryl methyl sites for hydroxylation is 1. The van der Waals surface area contributed by atoms with Gasteiger partial charge in [-0.05, 0) is 38.1 Å². The van der Waals surface area contributed by atoms with Crippen molar-refractivity contribution in [3.05, 3.63) is 33.8 Å². The Hall–Kier alpha value is -0.870. The molecule has 0 bridgehead atoms. The Bertz CT molecular complexity index is 393. The predicted octanol–water partition coefficient (Wildman–Crippen LogP) is 2.66. The molecule has 0 heterocycles. The average molecular weight is 286 g/mol. The van der Waals surface area contributed by atoms with E-state index in [2.05, 4.69) is 15.9 Å². The zero-order chi connectivity index (χ0) is 12.3. The van der Waals surface area contributed by atoms with Crippen LogP contribution < -0.4 is 0 Å². The molecule has 0 aromatic heterocycles. The maximum absolute atomic E-state index is 10.8. The highest BCUT2D eigenvalue weighted by atomic mass is 79.9. The van der Waals surface area contributed by atoms with E-state index in [4.69, 9.17) is 5.11 Å². The highest BCUT2D eigenvalue weighted by Crippen LogP contribution is 2.18. The van der Waals surface area contributed by atoms with Crippen LogP contribution in [-0.2, 0) is 11.3 Å². The van der Waals surface area contributed by atoms with Crippen molar-refractivity contribution in [2.24, 2.45) is 0 Å². The van der Waals surface area contributed by atoms with Crippen molar-refractivity contribution in [2.75, 3.05) is 7.05 Å². The first-order valence-electron chi connectivity index (χ1n) is 5.10. The zero-order valence-electron chi connectivity index (χ0n) is 9.70. The number of carboxylic acid groups (broad SMARTS) is 1. The van der Waals surface area contributed by atoms with Crippen molar-refractivity contribution in [3.8, 4) is 0 Å². The first-order valence-corrected chi connectivity index (χ1v) is 5.89. The van der Waals surface area contributed by atoms with Crippen LogP contribution in [0.5, 0.6) is 0 Å². The maximum atomic E-state index is 10.8. The number of carbonyl (C=O) groups is 1. The SMILES string of the molecule is Cc1ccc(CN(C)C(C)C(=O)O)cc1Br. The second-order valence-corrected chi connectivity index (χ2v) is 4.87. The van der Waals surface area contributed by atoms with Gasteiger partial charge in [-0.15, -0.1) is 0 Å². The number of hydrogen-bond acceptors (Lipinski definition) is 2. The van der Waals surface area contributed by atoms with E-state index in [1.165, 1.54) is 5.56 Å². The van der Waals surface area contributed by atoms with E-state index >= 15 is 0 Å². The van der Waals surface area contributed by atoms with Crippen molar-refractivity contribution in [1.29, 1.82) is 0 Å². The fraction of sp³-hybridized carbons (Fsp3) is 0.417. The summed E-state index contributed by atoms with van der Waals surface area (Å²) in [5.41, 5.74) is 2.28. The van der Waals surface area contributed by atoms with E-state index < -0.39 is 12.0 Å². The Morgan fingerprint density at radius 1 is 1.56 bits per heavy atom. The Morgan fingerprint density at radius 2 is 2.19 bits per heavy atom. The average Bonchev–Trinajstić information content (AvgIpc) is 2.22. The van der Waals surface area contributed by atoms with Crippen molar-refractivity contribution >= 4 is 21.9 Å². The largest absolute Gasteiger partial charge is 0.480 e. The zero-order valence-corrected chi connectivity index (χ0v) is 11.3. The maximum Gasteiger partial charge on any atom is 0.320 e. The van der Waals surface area contributed by atoms with Crippen LogP contribution in [0.1, 0.15) is 18.1 Å². The molecule has 1 unspecified atom stereocenters. The summed E-state index contributed by atoms with van der Waals surface area (Å²) in [5, 5.41) is 8.88. The van der Waals surface area contributed by atoms with Crippen molar-refractivity contribution in [2.45, 2.75) is 26.4 Å². The van der Waals surface area contributed by atoms with Crippen LogP contribution in [-0.4, -0.2) is 29.1 Å². The molecule has 0 spiro atoms. The Labute approximate surface area is 104 Å². The van der Waals surface area contributed by atoms with Crippen LogP contribution in [0.4, 0.5) is 0 Å². The summed E-state index contributed by atoms with van der Waals surface area (Å²) in [6.45, 7) is 4.34. The number of benzene rings is 1. The number of aliphatic carboxylic acids is 1. The van der Waals surface area contributed by atoms with Gasteiger partial charge in [0.1, 0.15) is 6.04 Å². The third-order valence-electron chi connectivity index (χ3n) is 2.69. The Kier molecular flexibility index (Phi) is 4.50. The molecule has 0 fully saturated rings. The highest BCUT2D eigenvalue weighted by molar-refractivity contribution is 9.10. The summed E-state index contributed by atoms with van der Waals surface area (Å²) in [7, 11) is 1.81. The molecule has 3 nitrogen and oxygen atoms in total. The molecule has 0 aliphatic rings. The van der Waals surface area contributed by atoms with Gasteiger partial charge in [0.2, 0.25) is 0 Å². The fourth-order valence-corrected chi connectivity index (χ4v) is 1.77. The lowest BCUT2D eigenvalue weighted by Gasteiger charge is -2.21. The smallest absolute Gasteiger partial charge is 0.320 e. The molecule has 0 saturated carbocycles. The third kappa shape index (κ3) is 3.32. The van der Waals surface area contributed by atoms with Crippen molar-refractivity contribution in [3.63, 3.8) is 0 Å². The summed E-state index contributed by atoms with van der Waals surface area (Å²) in [6, 6.07) is 5.60. The van der Waals surface area contributed by atoms with Crippen molar-refractivity contribution < 1.29 is 9.90 Å². The Balaban J connectivity index is 2.73. The lowest BCUT2D eigenvalue weighted by Crippen LogP contribution is -2.35. The van der Waals surface area contributed by atoms with Gasteiger partial charge in [0.05, 0.1) is 0 Å². The topological polar surface area (TPSA) is 40.5 Å². The number of carboxylic acids is 1. The van der Waals surface area contributed by atoms with E-state index in [1.807, 2.05) is 32.2 Å². The van der Waals surface area contributed by atoms with Crippen LogP contribution in [0.15, 0.2) is 22.7 Å². The first kappa shape index (κ1) is 13.2. The summed E-state index contributed by atoms with van der Waals surface area (Å²) in [4.78, 5) is 12.6. The van der Waals surface area contributed by atoms with E-state index in [-0.39, 0.29) is 0 Å². The van der Waals surface area contributed by atoms with Gasteiger partial charge in [-0.3, -0.25) is 9.69 Å². The second-order valence-electron chi connectivity index (χ2n) is 4.01. The molecule has 1 rings (SSSR count). The van der Waals surface area contributed by atoms with Crippen LogP contribution in [0.3, 0.4) is 0 Å². The number of likely N-dealkylation sites (N-methyl/N-ethyl adjacent to an activating group) is 1. The molecule has 0 amide bonds. The molecule has 1 aromatic rings. The van der Waals surface area contributed by atoms with Crippen LogP contribution in [0, 0.1) is 6.92 Å². The summed E-state index contributed by atoms with van der Waals surface area (Å²) in [6.07, 6.45) is 0. The van der Waals surface area contributed by atoms with Crippen LogP contribution in [0.2, 0.25) is 0 Å². The standard InChI is InChI=1S/C12H16BrNO2/c1-8-4-5-10(6-11(8)13)7-14(3)9(2)12(15)16/h4-6,9H,7H2,1-3H3,(H,15,16). The Morgan fingerprint density at radius 3 is 2.69 bits per heavy atom. The minimum Gasteiger partial charge on any atom is -0.480 e. The van der Waals surface area contributed by atoms with Crippen molar-refractivity contribution in [1.82, 2.24) is 4.90 Å². The lowest BCUT2D eigenvalue weighted by atomic mass is 10.1. The molecule has 1 N–H and O–H groups in total. The highest BCUT2D eigenvalue weighted by Gasteiger charge is 2.16. The summed E-state index contributed by atoms with van der Waals surface area (Å²) >= 11 is 3.47. The van der Waals surface area contributed by atoms with Gasteiger partial charge in [-0.2, -0.15) is 0 Å². The molecule has 0 aliphatic heterocycles. The molecular formula is C12H16BrNO2. The third-order valence-corrected chi connectivity index (χ3v) is 3.54. The van der Waals surface area contributed by atoms with Gasteiger partial charge < -0.3 is 5.11 Å². The minimum absolute atomic E-state index is 0.472. The molecule has 1 atom stereocenters. The summed E-state index contributed by atoms with van der Waals surface area (Å²) < 4.78 is 1.06. The normalized spacial score (nSPS) is 12.8. The molecule has 0 aliphatic carbocycles. The van der Waals surface area contributed by atoms with Crippen LogP contribution >= 0.6 is 15.9 Å². The monoisotopic (exact) mass is 285 g/mol. The quantitative estimate of drug-likeness (QED) is 0.925. The number of nitrogens with zero attached hydrogens (tertiary/aromatic N) is 1. The second kappa shape index (κ2) is 5.46. The molecule has 0 radical (unpaired) electrons. The van der Waals surface area contributed by atoms with E-state index in [9.17, 15) is 4.79 Å². The van der Waals surface area contributed by atoms with Gasteiger partial charge >= 0.3 is 5.97 Å². The van der Waals surface area contributed by atoms with Gasteiger partial charge in [0.25, 0.3) is 0 Å². The predicted molar refractivity (Wildman–Crippen MR) is 67.4 cm³/mol. The first-order chi connectivity index (χ1) is 7.41. The summed E-state index contributed by atoms with van der Waals surface area (Å²) in [5.74, 6) is -0.798. The fourth-order valence-electron chi connectivity index (χ4n) is 1.35. The van der Waals surface area contributed by atoms with Gasteiger partial charge in [-0.25, -0.2) is 0 Å². The van der Waals surface area contributed by atoms with E-state index in [1.54, 1.807) is 11.8 Å². The molecular weight excluding hydrogens is 270 g/mol. The molecule has 88 valence electrons. The molecule has 0 saturated heterocycles. The number of rotatable bonds is 4. The van der Waals surface area contributed by atoms with Gasteiger partial charge in [0.15, 0.2) is 0 Å². The van der Waals surface area contributed by atoms with Gasteiger partial charge in [-0.1, -0.05) is 28.1 Å². The lowest BCUT2D eigenvalue weighted by molar-refractivity contribution is -0.142. The molecule has 16 heavy (non-hydrogen) atoms. The number of hydrogen-bond donors (Lipinski definition) is 1. The van der Waals surface area contributed by atoms with E-state index in [0.29, 0.717) is 6.54 Å². The number of halogens is 1. The van der Waals surface area contributed by atoms with Gasteiger partial charge in [0, 0.05) is 11.0 Å². The van der Waals surface area contributed by atoms with Crippen LogP contribution in [0.25, 0.3) is 0 Å². The molecule has 4 heteroatoms.